The SMILES string of the molecule is N#Cc1cc(F)cc(-c2ccc(OCc3ccccc3)nc2OCc2ccccc2)c1. The Balaban J connectivity index is 1.64. The summed E-state index contributed by atoms with van der Waals surface area (Å²) >= 11 is 0. The maximum absolute atomic E-state index is 14.0. The van der Waals surface area contributed by atoms with Crippen molar-refractivity contribution >= 4 is 0 Å². The number of aromatic nitrogens is 1. The second-order valence-electron chi connectivity index (χ2n) is 6.89. The summed E-state index contributed by atoms with van der Waals surface area (Å²) in [5.41, 5.74) is 3.32. The molecule has 1 heterocycles. The zero-order chi connectivity index (χ0) is 21.5. The standard InChI is InChI=1S/C26H19FN2O2/c27-23-14-21(16-28)13-22(15-23)24-11-12-25(30-17-19-7-3-1-4-8-19)29-26(24)31-18-20-9-5-2-6-10-20/h1-15H,17-18H2. The van der Waals surface area contributed by atoms with E-state index in [0.29, 0.717) is 36.1 Å². The van der Waals surface area contributed by atoms with Crippen molar-refractivity contribution in [3.05, 3.63) is 114 Å². The smallest absolute Gasteiger partial charge is 0.225 e. The number of ether oxygens (including phenoxy) is 2. The Kier molecular flexibility index (Phi) is 6.20. The van der Waals surface area contributed by atoms with Gasteiger partial charge in [0, 0.05) is 11.6 Å². The molecule has 0 aliphatic rings. The molecule has 0 saturated carbocycles. The van der Waals surface area contributed by atoms with Crippen molar-refractivity contribution in [2.45, 2.75) is 13.2 Å². The third-order valence-electron chi connectivity index (χ3n) is 4.62. The summed E-state index contributed by atoms with van der Waals surface area (Å²) in [6, 6.07) is 29.1. The Morgan fingerprint density at radius 3 is 2.06 bits per heavy atom. The van der Waals surface area contributed by atoms with E-state index < -0.39 is 5.82 Å². The van der Waals surface area contributed by atoms with Crippen LogP contribution >= 0.6 is 0 Å². The minimum atomic E-state index is -0.493. The van der Waals surface area contributed by atoms with E-state index in [4.69, 9.17) is 9.47 Å². The number of hydrogen-bond acceptors (Lipinski definition) is 4. The molecule has 0 saturated heterocycles. The van der Waals surface area contributed by atoms with Crippen LogP contribution in [0.5, 0.6) is 11.8 Å². The van der Waals surface area contributed by atoms with Gasteiger partial charge < -0.3 is 9.47 Å². The summed E-state index contributed by atoms with van der Waals surface area (Å²) in [5.74, 6) is 0.212. The molecule has 0 aliphatic heterocycles. The quantitative estimate of drug-likeness (QED) is 0.380. The number of halogens is 1. The van der Waals surface area contributed by atoms with Crippen LogP contribution in [-0.4, -0.2) is 4.98 Å². The van der Waals surface area contributed by atoms with E-state index in [1.807, 2.05) is 66.7 Å². The average Bonchev–Trinajstić information content (AvgIpc) is 2.82. The van der Waals surface area contributed by atoms with Crippen LogP contribution in [0.15, 0.2) is 91.0 Å². The van der Waals surface area contributed by atoms with E-state index in [-0.39, 0.29) is 5.56 Å². The van der Waals surface area contributed by atoms with Gasteiger partial charge in [-0.2, -0.15) is 10.2 Å². The highest BCUT2D eigenvalue weighted by molar-refractivity contribution is 5.70. The number of nitriles is 1. The Labute approximate surface area is 180 Å². The molecule has 4 aromatic rings. The van der Waals surface area contributed by atoms with Gasteiger partial charge >= 0.3 is 0 Å². The molecule has 0 spiro atoms. The van der Waals surface area contributed by atoms with Crippen LogP contribution in [0.25, 0.3) is 11.1 Å². The van der Waals surface area contributed by atoms with Crippen molar-refractivity contribution in [1.29, 1.82) is 5.26 Å². The summed E-state index contributed by atoms with van der Waals surface area (Å²) in [4.78, 5) is 4.51. The molecule has 3 aromatic carbocycles. The van der Waals surface area contributed by atoms with Crippen LogP contribution in [0.4, 0.5) is 4.39 Å². The largest absolute Gasteiger partial charge is 0.473 e. The fourth-order valence-corrected chi connectivity index (χ4v) is 3.10. The molecule has 0 N–H and O–H groups in total. The molecule has 0 atom stereocenters. The summed E-state index contributed by atoms with van der Waals surface area (Å²) in [6.45, 7) is 0.660. The van der Waals surface area contributed by atoms with Crippen molar-refractivity contribution in [2.75, 3.05) is 0 Å². The summed E-state index contributed by atoms with van der Waals surface area (Å²) < 4.78 is 25.8. The molecule has 4 rings (SSSR count). The van der Waals surface area contributed by atoms with Crippen LogP contribution in [0.3, 0.4) is 0 Å². The maximum atomic E-state index is 14.0. The molecule has 0 aliphatic carbocycles. The number of pyridine rings is 1. The van der Waals surface area contributed by atoms with Crippen molar-refractivity contribution in [3.8, 4) is 29.0 Å². The molecule has 0 fully saturated rings. The summed E-state index contributed by atoms with van der Waals surface area (Å²) in [5, 5.41) is 9.19. The van der Waals surface area contributed by atoms with E-state index in [2.05, 4.69) is 4.98 Å². The molecular formula is C26H19FN2O2. The summed E-state index contributed by atoms with van der Waals surface area (Å²) in [6.07, 6.45) is 0. The zero-order valence-electron chi connectivity index (χ0n) is 16.7. The molecular weight excluding hydrogens is 391 g/mol. The Morgan fingerprint density at radius 2 is 1.42 bits per heavy atom. The Hall–Kier alpha value is -4.17. The molecule has 0 bridgehead atoms. The molecule has 0 unspecified atom stereocenters. The van der Waals surface area contributed by atoms with Crippen LogP contribution in [0.2, 0.25) is 0 Å². The first-order valence-corrected chi connectivity index (χ1v) is 9.77. The number of hydrogen-bond donors (Lipinski definition) is 0. The predicted octanol–water partition coefficient (Wildman–Crippen LogP) is 5.92. The average molecular weight is 410 g/mol. The first kappa shape index (κ1) is 20.1. The van der Waals surface area contributed by atoms with E-state index >= 15 is 0 Å². The monoisotopic (exact) mass is 410 g/mol. The van der Waals surface area contributed by atoms with Gasteiger partial charge in [0.25, 0.3) is 0 Å². The van der Waals surface area contributed by atoms with Crippen LogP contribution < -0.4 is 9.47 Å². The van der Waals surface area contributed by atoms with Gasteiger partial charge in [0.15, 0.2) is 0 Å². The summed E-state index contributed by atoms with van der Waals surface area (Å²) in [7, 11) is 0. The number of benzene rings is 3. The lowest BCUT2D eigenvalue weighted by Gasteiger charge is -2.13. The number of rotatable bonds is 7. The molecule has 0 amide bonds. The van der Waals surface area contributed by atoms with E-state index in [0.717, 1.165) is 11.1 Å². The van der Waals surface area contributed by atoms with Crippen LogP contribution in [0, 0.1) is 17.1 Å². The third kappa shape index (κ3) is 5.26. The van der Waals surface area contributed by atoms with Gasteiger partial charge in [0.05, 0.1) is 11.6 Å². The highest BCUT2D eigenvalue weighted by atomic mass is 19.1. The molecule has 4 nitrogen and oxygen atoms in total. The van der Waals surface area contributed by atoms with Crippen molar-refractivity contribution in [2.24, 2.45) is 0 Å². The fourth-order valence-electron chi connectivity index (χ4n) is 3.10. The highest BCUT2D eigenvalue weighted by Gasteiger charge is 2.13. The molecule has 152 valence electrons. The minimum Gasteiger partial charge on any atom is -0.473 e. The first-order chi connectivity index (χ1) is 15.2. The van der Waals surface area contributed by atoms with Gasteiger partial charge in [0.2, 0.25) is 11.8 Å². The zero-order valence-corrected chi connectivity index (χ0v) is 16.7. The molecule has 31 heavy (non-hydrogen) atoms. The van der Waals surface area contributed by atoms with E-state index in [9.17, 15) is 9.65 Å². The van der Waals surface area contributed by atoms with Crippen molar-refractivity contribution in [1.82, 2.24) is 4.98 Å². The first-order valence-electron chi connectivity index (χ1n) is 9.77. The predicted molar refractivity (Wildman–Crippen MR) is 116 cm³/mol. The van der Waals surface area contributed by atoms with Crippen molar-refractivity contribution < 1.29 is 13.9 Å². The highest BCUT2D eigenvalue weighted by Crippen LogP contribution is 2.32. The molecule has 5 heteroatoms. The molecule has 1 aromatic heterocycles. The lowest BCUT2D eigenvalue weighted by molar-refractivity contribution is 0.268. The number of nitrogens with zero attached hydrogens (tertiary/aromatic N) is 2. The second kappa shape index (κ2) is 9.55. The third-order valence-corrected chi connectivity index (χ3v) is 4.62. The van der Waals surface area contributed by atoms with Gasteiger partial charge in [-0.3, -0.25) is 0 Å². The van der Waals surface area contributed by atoms with Crippen LogP contribution in [0.1, 0.15) is 16.7 Å². The Bertz CT molecular complexity index is 1210. The van der Waals surface area contributed by atoms with Crippen LogP contribution in [-0.2, 0) is 13.2 Å². The van der Waals surface area contributed by atoms with Crippen molar-refractivity contribution in [3.63, 3.8) is 0 Å². The van der Waals surface area contributed by atoms with E-state index in [1.54, 1.807) is 18.2 Å². The minimum absolute atomic E-state index is 0.230. The molecule has 0 radical (unpaired) electrons. The van der Waals surface area contributed by atoms with Gasteiger partial charge in [-0.1, -0.05) is 60.7 Å². The van der Waals surface area contributed by atoms with Gasteiger partial charge in [0.1, 0.15) is 19.0 Å². The Morgan fingerprint density at radius 1 is 0.774 bits per heavy atom. The lowest BCUT2D eigenvalue weighted by atomic mass is 10.0. The topological polar surface area (TPSA) is 55.1 Å². The van der Waals surface area contributed by atoms with Gasteiger partial charge in [-0.15, -0.1) is 0 Å². The lowest BCUT2D eigenvalue weighted by Crippen LogP contribution is -2.02. The van der Waals surface area contributed by atoms with Gasteiger partial charge in [-0.25, -0.2) is 4.39 Å². The second-order valence-corrected chi connectivity index (χ2v) is 6.89. The maximum Gasteiger partial charge on any atom is 0.225 e. The fraction of sp³-hybridized carbons (Fsp3) is 0.0769. The van der Waals surface area contributed by atoms with Gasteiger partial charge in [-0.05, 0) is 41.0 Å². The van der Waals surface area contributed by atoms with E-state index in [1.165, 1.54) is 12.1 Å². The normalized spacial score (nSPS) is 10.3.